The molecule has 2 heterocycles. The summed E-state index contributed by atoms with van der Waals surface area (Å²) in [5.74, 6) is -0.104. The molecule has 8 heteroatoms. The lowest BCUT2D eigenvalue weighted by molar-refractivity contribution is -0.140. The number of carbonyl (C=O) groups is 2. The minimum atomic E-state index is -0.823. The van der Waals surface area contributed by atoms with E-state index >= 15 is 0 Å². The van der Waals surface area contributed by atoms with Crippen LogP contribution in [-0.2, 0) is 16.1 Å². The van der Waals surface area contributed by atoms with Gasteiger partial charge in [-0.3, -0.25) is 9.59 Å². The van der Waals surface area contributed by atoms with Crippen LogP contribution < -0.4 is 9.47 Å². The Kier molecular flexibility index (Phi) is 6.05. The van der Waals surface area contributed by atoms with E-state index in [0.29, 0.717) is 32.9 Å². The molecule has 0 bridgehead atoms. The molecule has 1 aliphatic rings. The molecule has 1 saturated heterocycles. The number of amides is 1. The second-order valence-electron chi connectivity index (χ2n) is 7.13. The van der Waals surface area contributed by atoms with E-state index in [1.807, 2.05) is 0 Å². The van der Waals surface area contributed by atoms with E-state index in [2.05, 4.69) is 15.9 Å². The van der Waals surface area contributed by atoms with E-state index in [0.717, 1.165) is 0 Å². The summed E-state index contributed by atoms with van der Waals surface area (Å²) in [7, 11) is 3.07. The van der Waals surface area contributed by atoms with Crippen molar-refractivity contribution in [2.75, 3.05) is 14.2 Å². The van der Waals surface area contributed by atoms with Crippen molar-refractivity contribution < 1.29 is 28.6 Å². The molecule has 0 radical (unpaired) electrons. The highest BCUT2D eigenvalue weighted by atomic mass is 79.9. The van der Waals surface area contributed by atoms with Gasteiger partial charge < -0.3 is 23.9 Å². The number of aliphatic hydroxyl groups is 1. The van der Waals surface area contributed by atoms with Crippen molar-refractivity contribution in [1.29, 1.82) is 0 Å². The van der Waals surface area contributed by atoms with Crippen molar-refractivity contribution in [3.63, 3.8) is 0 Å². The SMILES string of the molecule is COc1cccc(C2/C(=C(/O)c3ccc(OC)c(Br)c3)C(=O)C(=O)N2Cc2ccco2)c1. The Labute approximate surface area is 193 Å². The van der Waals surface area contributed by atoms with E-state index in [4.69, 9.17) is 13.9 Å². The van der Waals surface area contributed by atoms with E-state index in [1.54, 1.807) is 54.6 Å². The summed E-state index contributed by atoms with van der Waals surface area (Å²) in [4.78, 5) is 27.5. The largest absolute Gasteiger partial charge is 0.507 e. The minimum absolute atomic E-state index is 0.00752. The highest BCUT2D eigenvalue weighted by Crippen LogP contribution is 2.41. The first-order chi connectivity index (χ1) is 15.4. The summed E-state index contributed by atoms with van der Waals surface area (Å²) in [6.45, 7) is 0.0720. The summed E-state index contributed by atoms with van der Waals surface area (Å²) in [5.41, 5.74) is 0.998. The molecule has 1 aliphatic heterocycles. The molecule has 1 unspecified atom stereocenters. The van der Waals surface area contributed by atoms with Gasteiger partial charge in [0.15, 0.2) is 0 Å². The summed E-state index contributed by atoms with van der Waals surface area (Å²) >= 11 is 3.39. The van der Waals surface area contributed by atoms with Gasteiger partial charge in [0.2, 0.25) is 0 Å². The van der Waals surface area contributed by atoms with Gasteiger partial charge in [0.1, 0.15) is 23.0 Å². The van der Waals surface area contributed by atoms with E-state index in [-0.39, 0.29) is 17.9 Å². The minimum Gasteiger partial charge on any atom is -0.507 e. The Morgan fingerprint density at radius 2 is 1.91 bits per heavy atom. The van der Waals surface area contributed by atoms with Crippen LogP contribution in [0.1, 0.15) is 22.9 Å². The number of nitrogens with zero attached hydrogens (tertiary/aromatic N) is 1. The number of furan rings is 1. The third-order valence-electron chi connectivity index (χ3n) is 5.28. The van der Waals surface area contributed by atoms with Crippen LogP contribution in [0.25, 0.3) is 5.76 Å². The molecule has 0 saturated carbocycles. The van der Waals surface area contributed by atoms with Gasteiger partial charge >= 0.3 is 0 Å². The predicted octanol–water partition coefficient (Wildman–Crippen LogP) is 4.68. The van der Waals surface area contributed by atoms with Crippen LogP contribution in [0.2, 0.25) is 0 Å². The van der Waals surface area contributed by atoms with Crippen LogP contribution in [0.5, 0.6) is 11.5 Å². The number of Topliss-reactive ketones (excluding diaryl/α,β-unsaturated/α-hetero) is 1. The molecule has 3 aromatic rings. The number of aliphatic hydroxyl groups excluding tert-OH is 1. The second kappa shape index (κ2) is 8.92. The third-order valence-corrected chi connectivity index (χ3v) is 5.90. The van der Waals surface area contributed by atoms with Gasteiger partial charge in [-0.15, -0.1) is 0 Å². The third kappa shape index (κ3) is 3.89. The fraction of sp³-hybridized carbons (Fsp3) is 0.167. The molecule has 7 nitrogen and oxygen atoms in total. The monoisotopic (exact) mass is 497 g/mol. The molecule has 0 aliphatic carbocycles. The fourth-order valence-corrected chi connectivity index (χ4v) is 4.28. The Bertz CT molecular complexity index is 1200. The number of ketones is 1. The van der Waals surface area contributed by atoms with Crippen molar-refractivity contribution in [1.82, 2.24) is 4.90 Å². The molecule has 1 atom stereocenters. The van der Waals surface area contributed by atoms with E-state index in [1.165, 1.54) is 25.4 Å². The highest BCUT2D eigenvalue weighted by Gasteiger charge is 2.46. The lowest BCUT2D eigenvalue weighted by atomic mass is 9.95. The van der Waals surface area contributed by atoms with Crippen LogP contribution in [-0.4, -0.2) is 35.9 Å². The lowest BCUT2D eigenvalue weighted by Crippen LogP contribution is -2.29. The number of carbonyl (C=O) groups excluding carboxylic acids is 2. The fourth-order valence-electron chi connectivity index (χ4n) is 3.74. The van der Waals surface area contributed by atoms with Gasteiger partial charge in [-0.05, 0) is 64.0 Å². The zero-order chi connectivity index (χ0) is 22.8. The Hall–Kier alpha value is -3.52. The van der Waals surface area contributed by atoms with Crippen LogP contribution in [0.3, 0.4) is 0 Å². The van der Waals surface area contributed by atoms with Gasteiger partial charge in [-0.1, -0.05) is 12.1 Å². The number of rotatable bonds is 6. The molecule has 2 aromatic carbocycles. The van der Waals surface area contributed by atoms with Gasteiger partial charge in [0.05, 0.1) is 43.1 Å². The number of halogens is 1. The van der Waals surface area contributed by atoms with E-state index in [9.17, 15) is 14.7 Å². The van der Waals surface area contributed by atoms with Crippen LogP contribution in [0.4, 0.5) is 0 Å². The average Bonchev–Trinajstić information content (AvgIpc) is 3.41. The molecule has 1 amide bonds. The van der Waals surface area contributed by atoms with Crippen LogP contribution in [0, 0.1) is 0 Å². The summed E-state index contributed by atoms with van der Waals surface area (Å²) in [6.07, 6.45) is 1.50. The van der Waals surface area contributed by atoms with Gasteiger partial charge in [-0.2, -0.15) is 0 Å². The van der Waals surface area contributed by atoms with Gasteiger partial charge in [0, 0.05) is 5.56 Å². The molecule has 1 N–H and O–H groups in total. The van der Waals surface area contributed by atoms with Crippen molar-refractivity contribution in [2.45, 2.75) is 12.6 Å². The molecule has 1 fully saturated rings. The smallest absolute Gasteiger partial charge is 0.296 e. The first kappa shape index (κ1) is 21.7. The molecule has 32 heavy (non-hydrogen) atoms. The highest BCUT2D eigenvalue weighted by molar-refractivity contribution is 9.10. The van der Waals surface area contributed by atoms with Crippen molar-refractivity contribution >= 4 is 33.4 Å². The number of hydrogen-bond acceptors (Lipinski definition) is 6. The Morgan fingerprint density at radius 1 is 1.09 bits per heavy atom. The topological polar surface area (TPSA) is 89.2 Å². The molecular formula is C24H20BrNO6. The summed E-state index contributed by atoms with van der Waals surface area (Å²) in [6, 6.07) is 14.6. The number of benzene rings is 2. The maximum Gasteiger partial charge on any atom is 0.296 e. The van der Waals surface area contributed by atoms with Gasteiger partial charge in [-0.25, -0.2) is 0 Å². The van der Waals surface area contributed by atoms with Crippen molar-refractivity contribution in [2.24, 2.45) is 0 Å². The number of ether oxygens (including phenoxy) is 2. The van der Waals surface area contributed by atoms with Crippen molar-refractivity contribution in [3.05, 3.63) is 87.8 Å². The molecule has 4 rings (SSSR count). The number of likely N-dealkylation sites (tertiary alicyclic amines) is 1. The molecular weight excluding hydrogens is 478 g/mol. The van der Waals surface area contributed by atoms with Crippen LogP contribution >= 0.6 is 15.9 Å². The predicted molar refractivity (Wildman–Crippen MR) is 120 cm³/mol. The van der Waals surface area contributed by atoms with E-state index < -0.39 is 17.7 Å². The zero-order valence-electron chi connectivity index (χ0n) is 17.4. The summed E-state index contributed by atoms with van der Waals surface area (Å²) < 4.78 is 16.6. The standard InChI is InChI=1S/C24H20BrNO6/c1-30-16-6-3-5-14(11-16)21-20(22(27)15-8-9-19(31-2)18(25)12-15)23(28)24(29)26(21)13-17-7-4-10-32-17/h3-12,21,27H,13H2,1-2H3/b22-20-. The zero-order valence-corrected chi connectivity index (χ0v) is 19.0. The summed E-state index contributed by atoms with van der Waals surface area (Å²) in [5, 5.41) is 11.2. The maximum atomic E-state index is 13.1. The Morgan fingerprint density at radius 3 is 2.56 bits per heavy atom. The second-order valence-corrected chi connectivity index (χ2v) is 7.99. The molecule has 0 spiro atoms. The quantitative estimate of drug-likeness (QED) is 0.302. The maximum absolute atomic E-state index is 13.1. The molecule has 164 valence electrons. The average molecular weight is 498 g/mol. The lowest BCUT2D eigenvalue weighted by Gasteiger charge is -2.24. The number of hydrogen-bond donors (Lipinski definition) is 1. The van der Waals surface area contributed by atoms with Crippen LogP contribution in [0.15, 0.2) is 75.3 Å². The Balaban J connectivity index is 1.88. The molecule has 1 aromatic heterocycles. The van der Waals surface area contributed by atoms with Gasteiger partial charge in [0.25, 0.3) is 11.7 Å². The first-order valence-electron chi connectivity index (χ1n) is 9.73. The first-order valence-corrected chi connectivity index (χ1v) is 10.5. The van der Waals surface area contributed by atoms with Crippen molar-refractivity contribution in [3.8, 4) is 11.5 Å². The number of methoxy groups -OCH3 is 2. The normalized spacial score (nSPS) is 17.6.